The molecule has 94 valence electrons. The zero-order valence-electron chi connectivity index (χ0n) is 10.4. The Labute approximate surface area is 106 Å². The maximum atomic E-state index is 10.8. The number of thioether (sulfide) groups is 1. The van der Waals surface area contributed by atoms with Crippen LogP contribution in [0.2, 0.25) is 0 Å². The minimum absolute atomic E-state index is 0.147. The van der Waals surface area contributed by atoms with Crippen molar-refractivity contribution in [2.24, 2.45) is 0 Å². The fraction of sp³-hybridized carbons (Fsp3) is 0.500. The van der Waals surface area contributed by atoms with Crippen molar-refractivity contribution in [3.8, 4) is 0 Å². The first-order valence-corrected chi connectivity index (χ1v) is 6.64. The average molecular weight is 254 g/mol. The van der Waals surface area contributed by atoms with Crippen LogP contribution in [-0.4, -0.2) is 16.7 Å². The largest absolute Gasteiger partial charge is 0.385 e. The normalized spacial score (nSPS) is 12.2. The lowest BCUT2D eigenvalue weighted by atomic mass is 10.3. The lowest BCUT2D eigenvalue weighted by molar-refractivity contribution is -0.385. The summed E-state index contributed by atoms with van der Waals surface area (Å²) in [4.78, 5) is 11.4. The number of nitrogens with zero attached hydrogens (tertiary/aromatic N) is 1. The number of nitro groups is 1. The van der Waals surface area contributed by atoms with E-state index in [-0.39, 0.29) is 10.6 Å². The summed E-state index contributed by atoms with van der Waals surface area (Å²) in [6.45, 7) is 6.96. The second-order valence-electron chi connectivity index (χ2n) is 3.84. The minimum atomic E-state index is -0.346. The van der Waals surface area contributed by atoms with E-state index in [1.807, 2.05) is 13.0 Å². The molecule has 0 bridgehead atoms. The van der Waals surface area contributed by atoms with Crippen LogP contribution in [0.4, 0.5) is 11.4 Å². The molecule has 1 unspecified atom stereocenters. The molecule has 0 amide bonds. The topological polar surface area (TPSA) is 55.2 Å². The third-order valence-corrected chi connectivity index (χ3v) is 3.64. The van der Waals surface area contributed by atoms with E-state index in [9.17, 15) is 10.1 Å². The van der Waals surface area contributed by atoms with Gasteiger partial charge in [-0.1, -0.05) is 13.8 Å². The third kappa shape index (κ3) is 4.26. The van der Waals surface area contributed by atoms with Crippen LogP contribution in [-0.2, 0) is 0 Å². The summed E-state index contributed by atoms with van der Waals surface area (Å²) in [5, 5.41) is 14.4. The van der Waals surface area contributed by atoms with Crippen LogP contribution in [0.3, 0.4) is 0 Å². The van der Waals surface area contributed by atoms with Gasteiger partial charge in [0.25, 0.3) is 5.69 Å². The Morgan fingerprint density at radius 3 is 2.65 bits per heavy atom. The van der Waals surface area contributed by atoms with Gasteiger partial charge in [0, 0.05) is 34.5 Å². The molecular formula is C12H18N2O2S. The zero-order valence-corrected chi connectivity index (χ0v) is 11.2. The van der Waals surface area contributed by atoms with Crippen molar-refractivity contribution in [1.29, 1.82) is 0 Å². The SMILES string of the molecule is CCNc1cc(SC(C)CC)cc([N+](=O)[O-])c1. The van der Waals surface area contributed by atoms with Crippen LogP contribution in [0.25, 0.3) is 0 Å². The van der Waals surface area contributed by atoms with Gasteiger partial charge in [0.2, 0.25) is 0 Å². The summed E-state index contributed by atoms with van der Waals surface area (Å²) in [5.41, 5.74) is 0.960. The Bertz CT molecular complexity index is 396. The van der Waals surface area contributed by atoms with Gasteiger partial charge in [0.05, 0.1) is 4.92 Å². The fourth-order valence-electron chi connectivity index (χ4n) is 1.38. The first-order chi connectivity index (χ1) is 8.06. The Hall–Kier alpha value is -1.23. The Balaban J connectivity index is 2.99. The molecule has 17 heavy (non-hydrogen) atoms. The van der Waals surface area contributed by atoms with Gasteiger partial charge < -0.3 is 5.32 Å². The van der Waals surface area contributed by atoms with E-state index in [0.717, 1.165) is 23.5 Å². The minimum Gasteiger partial charge on any atom is -0.385 e. The number of hydrogen-bond acceptors (Lipinski definition) is 4. The number of hydrogen-bond donors (Lipinski definition) is 1. The molecule has 0 aliphatic carbocycles. The van der Waals surface area contributed by atoms with Gasteiger partial charge in [-0.2, -0.15) is 0 Å². The fourth-order valence-corrected chi connectivity index (χ4v) is 2.39. The summed E-state index contributed by atoms with van der Waals surface area (Å²) in [7, 11) is 0. The molecule has 0 spiro atoms. The molecule has 1 aromatic carbocycles. The number of anilines is 1. The average Bonchev–Trinajstić information content (AvgIpc) is 2.29. The molecule has 0 radical (unpaired) electrons. The molecule has 0 heterocycles. The van der Waals surface area contributed by atoms with Crippen molar-refractivity contribution in [3.63, 3.8) is 0 Å². The maximum Gasteiger partial charge on any atom is 0.272 e. The van der Waals surface area contributed by atoms with Gasteiger partial charge in [-0.05, 0) is 19.4 Å². The van der Waals surface area contributed by atoms with Crippen molar-refractivity contribution in [1.82, 2.24) is 0 Å². The van der Waals surface area contributed by atoms with Gasteiger partial charge in [0.15, 0.2) is 0 Å². The van der Waals surface area contributed by atoms with Crippen LogP contribution in [0, 0.1) is 10.1 Å². The van der Waals surface area contributed by atoms with Crippen molar-refractivity contribution < 1.29 is 4.92 Å². The smallest absolute Gasteiger partial charge is 0.272 e. The van der Waals surface area contributed by atoms with Gasteiger partial charge in [-0.25, -0.2) is 0 Å². The highest BCUT2D eigenvalue weighted by Gasteiger charge is 2.11. The van der Waals surface area contributed by atoms with Crippen molar-refractivity contribution >= 4 is 23.1 Å². The van der Waals surface area contributed by atoms with Crippen molar-refractivity contribution in [2.45, 2.75) is 37.3 Å². The van der Waals surface area contributed by atoms with E-state index < -0.39 is 0 Å². The molecule has 0 saturated carbocycles. The molecule has 0 aromatic heterocycles. The standard InChI is InChI=1S/C12H18N2O2S/c1-4-9(3)17-12-7-10(13-5-2)6-11(8-12)14(15)16/h6-9,13H,4-5H2,1-3H3. The quantitative estimate of drug-likeness (QED) is 0.475. The molecule has 1 N–H and O–H groups in total. The highest BCUT2D eigenvalue weighted by atomic mass is 32.2. The number of benzene rings is 1. The summed E-state index contributed by atoms with van der Waals surface area (Å²) in [5.74, 6) is 0. The predicted molar refractivity (Wildman–Crippen MR) is 72.9 cm³/mol. The van der Waals surface area contributed by atoms with Gasteiger partial charge in [0.1, 0.15) is 0 Å². The number of nitrogens with one attached hydrogen (secondary N) is 1. The Morgan fingerprint density at radius 1 is 1.41 bits per heavy atom. The van der Waals surface area contributed by atoms with Gasteiger partial charge in [-0.3, -0.25) is 10.1 Å². The molecule has 1 aromatic rings. The predicted octanol–water partition coefficient (Wildman–Crippen LogP) is 3.92. The Kier molecular flexibility index (Phi) is 5.28. The van der Waals surface area contributed by atoms with E-state index >= 15 is 0 Å². The number of rotatable bonds is 6. The number of non-ortho nitro benzene ring substituents is 1. The van der Waals surface area contributed by atoms with Crippen LogP contribution in [0.1, 0.15) is 27.2 Å². The summed E-state index contributed by atoms with van der Waals surface area (Å²) in [6.07, 6.45) is 1.05. The summed E-state index contributed by atoms with van der Waals surface area (Å²) in [6, 6.07) is 5.18. The second kappa shape index (κ2) is 6.49. The van der Waals surface area contributed by atoms with Gasteiger partial charge >= 0.3 is 0 Å². The zero-order chi connectivity index (χ0) is 12.8. The lowest BCUT2D eigenvalue weighted by Gasteiger charge is -2.10. The highest BCUT2D eigenvalue weighted by molar-refractivity contribution is 8.00. The van der Waals surface area contributed by atoms with E-state index in [1.54, 1.807) is 23.9 Å². The van der Waals surface area contributed by atoms with E-state index in [1.165, 1.54) is 0 Å². The summed E-state index contributed by atoms with van der Waals surface area (Å²) < 4.78 is 0. The first-order valence-electron chi connectivity index (χ1n) is 5.76. The number of nitro benzene ring substituents is 1. The third-order valence-electron chi connectivity index (χ3n) is 2.40. The van der Waals surface area contributed by atoms with Crippen LogP contribution in [0.5, 0.6) is 0 Å². The molecular weight excluding hydrogens is 236 g/mol. The molecule has 0 fully saturated rings. The molecule has 5 heteroatoms. The van der Waals surface area contributed by atoms with Crippen molar-refractivity contribution in [3.05, 3.63) is 28.3 Å². The molecule has 4 nitrogen and oxygen atoms in total. The van der Waals surface area contributed by atoms with Gasteiger partial charge in [-0.15, -0.1) is 11.8 Å². The molecule has 0 aliphatic heterocycles. The molecule has 0 aliphatic rings. The lowest BCUT2D eigenvalue weighted by Crippen LogP contribution is -1.99. The van der Waals surface area contributed by atoms with Crippen molar-refractivity contribution in [2.75, 3.05) is 11.9 Å². The van der Waals surface area contributed by atoms with E-state index in [2.05, 4.69) is 19.2 Å². The molecule has 1 rings (SSSR count). The Morgan fingerprint density at radius 2 is 2.12 bits per heavy atom. The maximum absolute atomic E-state index is 10.8. The van der Waals surface area contributed by atoms with Crippen LogP contribution >= 0.6 is 11.8 Å². The van der Waals surface area contributed by atoms with Crippen LogP contribution in [0.15, 0.2) is 23.1 Å². The second-order valence-corrected chi connectivity index (χ2v) is 5.35. The van der Waals surface area contributed by atoms with E-state index in [0.29, 0.717) is 5.25 Å². The monoisotopic (exact) mass is 254 g/mol. The van der Waals surface area contributed by atoms with Crippen LogP contribution < -0.4 is 5.32 Å². The molecule has 1 atom stereocenters. The van der Waals surface area contributed by atoms with E-state index in [4.69, 9.17) is 0 Å². The highest BCUT2D eigenvalue weighted by Crippen LogP contribution is 2.31. The summed E-state index contributed by atoms with van der Waals surface area (Å²) >= 11 is 1.67. The molecule has 0 saturated heterocycles. The first kappa shape index (κ1) is 13.8.